The number of carbonyl (C=O) groups is 1. The Morgan fingerprint density at radius 1 is 1.33 bits per heavy atom. The molecule has 0 bridgehead atoms. The Hall–Kier alpha value is -2.28. The summed E-state index contributed by atoms with van der Waals surface area (Å²) in [5.74, 6) is 0.0561. The lowest BCUT2D eigenvalue weighted by Crippen LogP contribution is -2.28. The monoisotopic (exact) mass is 340 g/mol. The third kappa shape index (κ3) is 4.38. The van der Waals surface area contributed by atoms with Crippen molar-refractivity contribution in [1.82, 2.24) is 5.32 Å². The molecule has 1 heterocycles. The number of carbonyl (C=O) groups excluding carboxylic acids is 1. The summed E-state index contributed by atoms with van der Waals surface area (Å²) in [5.41, 5.74) is 5.41. The van der Waals surface area contributed by atoms with Crippen LogP contribution in [0.5, 0.6) is 0 Å². The van der Waals surface area contributed by atoms with Gasteiger partial charge in [-0.15, -0.1) is 0 Å². The molecule has 1 amide bonds. The number of hydrogen-bond acceptors (Lipinski definition) is 3. The molecular weight excluding hydrogens is 321 g/mol. The number of hydrogen-bond donors (Lipinski definition) is 2. The second-order valence-electron chi connectivity index (χ2n) is 5.44. The Balaban J connectivity index is 2.21. The minimum Gasteiger partial charge on any atom is -0.467 e. The highest BCUT2D eigenvalue weighted by Crippen LogP contribution is 2.31. The molecule has 7 heteroatoms. The van der Waals surface area contributed by atoms with Crippen molar-refractivity contribution in [3.63, 3.8) is 0 Å². The van der Waals surface area contributed by atoms with Crippen LogP contribution in [-0.4, -0.2) is 5.91 Å². The van der Waals surface area contributed by atoms with E-state index < -0.39 is 23.7 Å². The molecule has 1 aromatic heterocycles. The fraction of sp³-hybridized carbons (Fsp3) is 0.353. The molecule has 0 saturated carbocycles. The number of halogens is 3. The van der Waals surface area contributed by atoms with Gasteiger partial charge < -0.3 is 15.5 Å². The van der Waals surface area contributed by atoms with Crippen molar-refractivity contribution in [3.05, 3.63) is 59.0 Å². The maximum absolute atomic E-state index is 12.9. The molecule has 1 unspecified atom stereocenters. The van der Waals surface area contributed by atoms with Crippen molar-refractivity contribution in [2.75, 3.05) is 0 Å². The van der Waals surface area contributed by atoms with Crippen LogP contribution in [0, 0.1) is 0 Å². The van der Waals surface area contributed by atoms with Gasteiger partial charge >= 0.3 is 6.18 Å². The quantitative estimate of drug-likeness (QED) is 0.834. The highest BCUT2D eigenvalue weighted by Gasteiger charge is 2.31. The number of nitrogens with two attached hydrogens (primary N) is 1. The second-order valence-corrected chi connectivity index (χ2v) is 5.44. The molecule has 24 heavy (non-hydrogen) atoms. The predicted molar refractivity (Wildman–Crippen MR) is 83.2 cm³/mol. The van der Waals surface area contributed by atoms with Gasteiger partial charge in [-0.1, -0.05) is 25.5 Å². The lowest BCUT2D eigenvalue weighted by Gasteiger charge is -2.19. The van der Waals surface area contributed by atoms with Gasteiger partial charge in [0.25, 0.3) is 5.91 Å². The molecule has 2 aromatic rings. The fourth-order valence-corrected chi connectivity index (χ4v) is 2.39. The lowest BCUT2D eigenvalue weighted by molar-refractivity contribution is -0.137. The van der Waals surface area contributed by atoms with Crippen LogP contribution in [0.1, 0.15) is 53.1 Å². The largest absolute Gasteiger partial charge is 0.467 e. The van der Waals surface area contributed by atoms with Crippen LogP contribution in [-0.2, 0) is 12.7 Å². The number of furan rings is 1. The molecule has 0 saturated heterocycles. The number of benzene rings is 1. The second kappa shape index (κ2) is 7.53. The van der Waals surface area contributed by atoms with E-state index in [2.05, 4.69) is 5.32 Å². The number of alkyl halides is 3. The normalized spacial score (nSPS) is 12.9. The van der Waals surface area contributed by atoms with Gasteiger partial charge in [0.05, 0.1) is 23.7 Å². The maximum atomic E-state index is 12.9. The third-order valence-electron chi connectivity index (χ3n) is 3.62. The average Bonchev–Trinajstić information content (AvgIpc) is 3.03. The highest BCUT2D eigenvalue weighted by atomic mass is 19.4. The molecule has 1 atom stereocenters. The van der Waals surface area contributed by atoms with E-state index in [4.69, 9.17) is 10.2 Å². The molecule has 3 N–H and O–H groups in total. The van der Waals surface area contributed by atoms with Crippen LogP contribution in [0.25, 0.3) is 0 Å². The zero-order valence-corrected chi connectivity index (χ0v) is 13.2. The van der Waals surface area contributed by atoms with E-state index in [-0.39, 0.29) is 6.54 Å². The Labute approximate surface area is 137 Å². The van der Waals surface area contributed by atoms with Gasteiger partial charge in [0.15, 0.2) is 0 Å². The average molecular weight is 340 g/mol. The lowest BCUT2D eigenvalue weighted by atomic mass is 9.99. The molecule has 0 spiro atoms. The van der Waals surface area contributed by atoms with Crippen LogP contribution in [0.2, 0.25) is 0 Å². The summed E-state index contributed by atoms with van der Waals surface area (Å²) in [6.45, 7) is 2.07. The summed E-state index contributed by atoms with van der Waals surface area (Å²) in [6.07, 6.45) is -1.90. The van der Waals surface area contributed by atoms with E-state index >= 15 is 0 Å². The Morgan fingerprint density at radius 3 is 2.67 bits per heavy atom. The minimum absolute atomic E-state index is 0.166. The summed E-state index contributed by atoms with van der Waals surface area (Å²) < 4.78 is 43.7. The van der Waals surface area contributed by atoms with Gasteiger partial charge in [0, 0.05) is 0 Å². The zero-order chi connectivity index (χ0) is 17.7. The van der Waals surface area contributed by atoms with Gasteiger partial charge in [-0.3, -0.25) is 4.79 Å². The summed E-state index contributed by atoms with van der Waals surface area (Å²) in [5, 5.41) is 2.76. The first-order valence-electron chi connectivity index (χ1n) is 7.60. The van der Waals surface area contributed by atoms with Gasteiger partial charge in [-0.2, -0.15) is 13.2 Å². The number of rotatable bonds is 6. The van der Waals surface area contributed by atoms with Gasteiger partial charge in [0.2, 0.25) is 0 Å². The molecule has 0 aliphatic heterocycles. The molecule has 2 rings (SSSR count). The highest BCUT2D eigenvalue weighted by molar-refractivity contribution is 5.94. The summed E-state index contributed by atoms with van der Waals surface area (Å²) in [7, 11) is 0. The Kier molecular flexibility index (Phi) is 5.66. The van der Waals surface area contributed by atoms with Gasteiger partial charge in [-0.05, 0) is 30.2 Å². The van der Waals surface area contributed by atoms with E-state index in [1.165, 1.54) is 18.4 Å². The zero-order valence-electron chi connectivity index (χ0n) is 13.2. The van der Waals surface area contributed by atoms with E-state index in [0.29, 0.717) is 29.7 Å². The topological polar surface area (TPSA) is 68.3 Å². The molecule has 0 fully saturated rings. The van der Waals surface area contributed by atoms with Crippen LogP contribution < -0.4 is 11.1 Å². The van der Waals surface area contributed by atoms with Crippen molar-refractivity contribution in [2.24, 2.45) is 5.73 Å². The van der Waals surface area contributed by atoms with Crippen molar-refractivity contribution in [1.29, 1.82) is 0 Å². The predicted octanol–water partition coefficient (Wildman–Crippen LogP) is 4.03. The van der Waals surface area contributed by atoms with Crippen molar-refractivity contribution in [2.45, 2.75) is 38.5 Å². The maximum Gasteiger partial charge on any atom is 0.416 e. The Bertz CT molecular complexity index is 695. The third-order valence-corrected chi connectivity index (χ3v) is 3.62. The minimum atomic E-state index is -4.42. The fourth-order valence-electron chi connectivity index (χ4n) is 2.39. The summed E-state index contributed by atoms with van der Waals surface area (Å²) >= 11 is 0. The van der Waals surface area contributed by atoms with Crippen molar-refractivity contribution >= 4 is 5.91 Å². The number of amides is 1. The van der Waals surface area contributed by atoms with Gasteiger partial charge in [-0.25, -0.2) is 0 Å². The van der Waals surface area contributed by atoms with Crippen LogP contribution in [0.3, 0.4) is 0 Å². The molecule has 0 radical (unpaired) electrons. The van der Waals surface area contributed by atoms with E-state index in [9.17, 15) is 18.0 Å². The van der Waals surface area contributed by atoms with E-state index in [1.54, 1.807) is 6.07 Å². The van der Waals surface area contributed by atoms with Crippen LogP contribution in [0.4, 0.5) is 13.2 Å². The Morgan fingerprint density at radius 2 is 2.08 bits per heavy atom. The first-order chi connectivity index (χ1) is 11.3. The molecule has 0 aliphatic rings. The smallest absolute Gasteiger partial charge is 0.416 e. The number of nitrogens with one attached hydrogen (secondary N) is 1. The van der Waals surface area contributed by atoms with Crippen LogP contribution in [0.15, 0.2) is 41.0 Å². The SMILES string of the molecule is CCCC(NC(=O)c1coc(CN)c1)c1cccc(C(F)(F)F)c1. The molecule has 0 aliphatic carbocycles. The molecule has 4 nitrogen and oxygen atoms in total. The molecule has 130 valence electrons. The standard InChI is InChI=1S/C17H19F3N2O2/c1-2-4-15(11-5-3-6-13(7-11)17(18,19)20)22-16(23)12-8-14(9-21)24-10-12/h3,5-8,10,15H,2,4,9,21H2,1H3,(H,22,23). The van der Waals surface area contributed by atoms with Crippen LogP contribution >= 0.6 is 0 Å². The van der Waals surface area contributed by atoms with E-state index in [1.807, 2.05) is 6.92 Å². The molecular formula is C17H19F3N2O2. The van der Waals surface area contributed by atoms with Crippen molar-refractivity contribution < 1.29 is 22.4 Å². The first-order valence-corrected chi connectivity index (χ1v) is 7.60. The van der Waals surface area contributed by atoms with Crippen molar-refractivity contribution in [3.8, 4) is 0 Å². The summed E-state index contributed by atoms with van der Waals surface area (Å²) in [4.78, 5) is 12.3. The van der Waals surface area contributed by atoms with Gasteiger partial charge in [0.1, 0.15) is 12.0 Å². The molecule has 1 aromatic carbocycles. The summed E-state index contributed by atoms with van der Waals surface area (Å²) in [6, 6.07) is 6.01. The first kappa shape index (κ1) is 18.1. The van der Waals surface area contributed by atoms with E-state index in [0.717, 1.165) is 12.1 Å².